The molecule has 1 aliphatic heterocycles. The fourth-order valence-corrected chi connectivity index (χ4v) is 2.67. The summed E-state index contributed by atoms with van der Waals surface area (Å²) in [5.41, 5.74) is 2.57. The van der Waals surface area contributed by atoms with Crippen molar-refractivity contribution in [3.8, 4) is 0 Å². The van der Waals surface area contributed by atoms with E-state index in [0.717, 1.165) is 31.9 Å². The highest BCUT2D eigenvalue weighted by atomic mass is 16.1. The van der Waals surface area contributed by atoms with Crippen LogP contribution in [0.1, 0.15) is 39.2 Å². The molecule has 5 heteroatoms. The van der Waals surface area contributed by atoms with Crippen molar-refractivity contribution in [2.24, 2.45) is 4.99 Å². The van der Waals surface area contributed by atoms with Gasteiger partial charge in [-0.3, -0.25) is 9.79 Å². The quantitative estimate of drug-likeness (QED) is 0.625. The molecule has 1 aliphatic rings. The van der Waals surface area contributed by atoms with Crippen LogP contribution < -0.4 is 15.5 Å². The molecule has 0 aromatic heterocycles. The fourth-order valence-electron chi connectivity index (χ4n) is 2.67. The molecule has 1 unspecified atom stereocenters. The van der Waals surface area contributed by atoms with Gasteiger partial charge in [-0.15, -0.1) is 0 Å². The molecule has 126 valence electrons. The van der Waals surface area contributed by atoms with Crippen LogP contribution in [0.3, 0.4) is 0 Å². The van der Waals surface area contributed by atoms with E-state index >= 15 is 0 Å². The minimum Gasteiger partial charge on any atom is -0.356 e. The summed E-state index contributed by atoms with van der Waals surface area (Å²) in [6.07, 6.45) is 2.41. The van der Waals surface area contributed by atoms with Gasteiger partial charge >= 0.3 is 0 Å². The van der Waals surface area contributed by atoms with Crippen LogP contribution in [0.2, 0.25) is 0 Å². The van der Waals surface area contributed by atoms with Gasteiger partial charge in [0.2, 0.25) is 5.91 Å². The van der Waals surface area contributed by atoms with Gasteiger partial charge in [-0.05, 0) is 38.3 Å². The Bertz CT molecular complexity index is 556. The van der Waals surface area contributed by atoms with Crippen molar-refractivity contribution in [2.75, 3.05) is 24.5 Å². The summed E-state index contributed by atoms with van der Waals surface area (Å²) < 4.78 is 0. The first-order chi connectivity index (χ1) is 11.2. The van der Waals surface area contributed by atoms with E-state index in [-0.39, 0.29) is 11.9 Å². The number of hydrogen-bond donors (Lipinski definition) is 2. The van der Waals surface area contributed by atoms with Gasteiger partial charge in [-0.1, -0.05) is 25.1 Å². The lowest BCUT2D eigenvalue weighted by molar-refractivity contribution is -0.121. The van der Waals surface area contributed by atoms with Gasteiger partial charge < -0.3 is 15.5 Å². The predicted octanol–water partition coefficient (Wildman–Crippen LogP) is 2.32. The Morgan fingerprint density at radius 2 is 2.13 bits per heavy atom. The molecule has 1 atom stereocenters. The molecule has 0 bridgehead atoms. The molecule has 0 radical (unpaired) electrons. The smallest absolute Gasteiger partial charge is 0.222 e. The van der Waals surface area contributed by atoms with Crippen LogP contribution in [-0.2, 0) is 11.2 Å². The van der Waals surface area contributed by atoms with Crippen molar-refractivity contribution in [1.29, 1.82) is 0 Å². The number of amides is 1. The first-order valence-corrected chi connectivity index (χ1v) is 8.58. The Kier molecular flexibility index (Phi) is 6.44. The highest BCUT2D eigenvalue weighted by molar-refractivity contribution is 5.98. The number of carbonyl (C=O) groups is 1. The standard InChI is InChI=1S/C18H28N4O/c1-4-14(3)21-17(23)10-12-20-18(19-5-2)22-13-11-15-8-6-7-9-16(15)22/h6-9,14H,4-5,10-13H2,1-3H3,(H,19,20)(H,21,23). The molecule has 1 amide bonds. The van der Waals surface area contributed by atoms with Gasteiger partial charge in [0, 0.05) is 31.2 Å². The number of para-hydroxylation sites is 1. The fraction of sp³-hybridized carbons (Fsp3) is 0.556. The van der Waals surface area contributed by atoms with E-state index in [1.807, 2.05) is 6.92 Å². The summed E-state index contributed by atoms with van der Waals surface area (Å²) in [6, 6.07) is 8.65. The Balaban J connectivity index is 1.98. The summed E-state index contributed by atoms with van der Waals surface area (Å²) >= 11 is 0. The third kappa shape index (κ3) is 4.71. The molecule has 0 spiro atoms. The van der Waals surface area contributed by atoms with E-state index in [9.17, 15) is 4.79 Å². The molecule has 0 aliphatic carbocycles. The molecular formula is C18H28N4O. The van der Waals surface area contributed by atoms with E-state index in [4.69, 9.17) is 0 Å². The monoisotopic (exact) mass is 316 g/mol. The van der Waals surface area contributed by atoms with Gasteiger partial charge in [0.1, 0.15) is 0 Å². The Morgan fingerprint density at radius 3 is 2.87 bits per heavy atom. The van der Waals surface area contributed by atoms with E-state index in [1.165, 1.54) is 11.3 Å². The number of benzene rings is 1. The van der Waals surface area contributed by atoms with Gasteiger partial charge in [0.05, 0.1) is 6.54 Å². The molecule has 0 saturated heterocycles. The van der Waals surface area contributed by atoms with Crippen LogP contribution >= 0.6 is 0 Å². The number of nitrogens with zero attached hydrogens (tertiary/aromatic N) is 2. The summed E-state index contributed by atoms with van der Waals surface area (Å²) in [4.78, 5) is 18.7. The van der Waals surface area contributed by atoms with Crippen molar-refractivity contribution < 1.29 is 4.79 Å². The highest BCUT2D eigenvalue weighted by Crippen LogP contribution is 2.27. The zero-order chi connectivity index (χ0) is 16.7. The number of rotatable bonds is 6. The Morgan fingerprint density at radius 1 is 1.35 bits per heavy atom. The molecule has 5 nitrogen and oxygen atoms in total. The Hall–Kier alpha value is -2.04. The second-order valence-electron chi connectivity index (χ2n) is 5.89. The van der Waals surface area contributed by atoms with E-state index in [2.05, 4.69) is 58.6 Å². The van der Waals surface area contributed by atoms with Crippen molar-refractivity contribution in [3.05, 3.63) is 29.8 Å². The van der Waals surface area contributed by atoms with Crippen molar-refractivity contribution in [1.82, 2.24) is 10.6 Å². The number of nitrogens with one attached hydrogen (secondary N) is 2. The largest absolute Gasteiger partial charge is 0.356 e. The molecule has 1 aromatic rings. The maximum Gasteiger partial charge on any atom is 0.222 e. The molecule has 2 N–H and O–H groups in total. The second-order valence-corrected chi connectivity index (χ2v) is 5.89. The lowest BCUT2D eigenvalue weighted by atomic mass is 10.2. The number of aliphatic imine (C=N–C) groups is 1. The van der Waals surface area contributed by atoms with E-state index < -0.39 is 0 Å². The average molecular weight is 316 g/mol. The summed E-state index contributed by atoms with van der Waals surface area (Å²) in [7, 11) is 0. The first kappa shape index (κ1) is 17.3. The van der Waals surface area contributed by atoms with Crippen molar-refractivity contribution >= 4 is 17.6 Å². The van der Waals surface area contributed by atoms with Crippen molar-refractivity contribution in [2.45, 2.75) is 46.1 Å². The van der Waals surface area contributed by atoms with Gasteiger partial charge in [0.15, 0.2) is 5.96 Å². The maximum absolute atomic E-state index is 11.9. The average Bonchev–Trinajstić information content (AvgIpc) is 2.98. The number of guanidine groups is 1. The van der Waals surface area contributed by atoms with Gasteiger partial charge in [-0.2, -0.15) is 0 Å². The van der Waals surface area contributed by atoms with Gasteiger partial charge in [0.25, 0.3) is 0 Å². The first-order valence-electron chi connectivity index (χ1n) is 8.58. The molecule has 1 aromatic carbocycles. The number of anilines is 1. The normalized spacial score (nSPS) is 15.3. The highest BCUT2D eigenvalue weighted by Gasteiger charge is 2.22. The lowest BCUT2D eigenvalue weighted by Crippen LogP contribution is -2.41. The third-order valence-corrected chi connectivity index (χ3v) is 4.10. The predicted molar refractivity (Wildman–Crippen MR) is 96.0 cm³/mol. The third-order valence-electron chi connectivity index (χ3n) is 4.10. The van der Waals surface area contributed by atoms with Crippen LogP contribution in [-0.4, -0.2) is 37.5 Å². The summed E-state index contributed by atoms with van der Waals surface area (Å²) in [5, 5.41) is 6.31. The molecule has 0 saturated carbocycles. The molecule has 2 rings (SSSR count). The molecule has 1 heterocycles. The van der Waals surface area contributed by atoms with Crippen LogP contribution in [0.5, 0.6) is 0 Å². The molecule has 0 fully saturated rings. The number of hydrogen-bond acceptors (Lipinski definition) is 2. The lowest BCUT2D eigenvalue weighted by Gasteiger charge is -2.22. The Labute approximate surface area is 139 Å². The summed E-state index contributed by atoms with van der Waals surface area (Å²) in [6.45, 7) is 8.40. The van der Waals surface area contributed by atoms with E-state index in [0.29, 0.717) is 13.0 Å². The summed E-state index contributed by atoms with van der Waals surface area (Å²) in [5.74, 6) is 0.939. The molecule has 23 heavy (non-hydrogen) atoms. The second kappa shape index (κ2) is 8.56. The van der Waals surface area contributed by atoms with Gasteiger partial charge in [-0.25, -0.2) is 0 Å². The minimum absolute atomic E-state index is 0.0702. The van der Waals surface area contributed by atoms with Crippen LogP contribution in [0.25, 0.3) is 0 Å². The maximum atomic E-state index is 11.9. The number of fused-ring (bicyclic) bond motifs is 1. The zero-order valence-electron chi connectivity index (χ0n) is 14.4. The topological polar surface area (TPSA) is 56.7 Å². The van der Waals surface area contributed by atoms with E-state index in [1.54, 1.807) is 0 Å². The van der Waals surface area contributed by atoms with Crippen LogP contribution in [0.15, 0.2) is 29.3 Å². The van der Waals surface area contributed by atoms with Crippen LogP contribution in [0.4, 0.5) is 5.69 Å². The SMILES string of the molecule is CCNC(=NCCC(=O)NC(C)CC)N1CCc2ccccc21. The zero-order valence-corrected chi connectivity index (χ0v) is 14.4. The molecular weight excluding hydrogens is 288 g/mol. The van der Waals surface area contributed by atoms with Crippen molar-refractivity contribution in [3.63, 3.8) is 0 Å². The van der Waals surface area contributed by atoms with Crippen LogP contribution in [0, 0.1) is 0 Å². The number of carbonyl (C=O) groups excluding carboxylic acids is 1. The minimum atomic E-state index is 0.0702.